The highest BCUT2D eigenvalue weighted by molar-refractivity contribution is 5.76. The molecule has 23 heavy (non-hydrogen) atoms. The third kappa shape index (κ3) is 5.74. The second-order valence-electron chi connectivity index (χ2n) is 5.58. The Bertz CT molecular complexity index is 653. The number of aryl methyl sites for hydroxylation is 3. The Balaban J connectivity index is 1.66. The first-order valence-electron chi connectivity index (χ1n) is 7.76. The van der Waals surface area contributed by atoms with Gasteiger partial charge in [0, 0.05) is 6.42 Å². The van der Waals surface area contributed by atoms with Crippen molar-refractivity contribution >= 4 is 5.91 Å². The quantitative estimate of drug-likeness (QED) is 0.793. The first kappa shape index (κ1) is 17.0. The normalized spacial score (nSPS) is 10.4. The van der Waals surface area contributed by atoms with Crippen molar-refractivity contribution in [3.63, 3.8) is 0 Å². The van der Waals surface area contributed by atoms with Crippen LogP contribution in [0.25, 0.3) is 0 Å². The first-order chi connectivity index (χ1) is 11.0. The van der Waals surface area contributed by atoms with Crippen molar-refractivity contribution in [1.29, 1.82) is 0 Å². The molecule has 0 atom stereocenters. The minimum Gasteiger partial charge on any atom is -0.492 e. The fourth-order valence-electron chi connectivity index (χ4n) is 2.35. The molecule has 0 radical (unpaired) electrons. The Kier molecular flexibility index (Phi) is 6.15. The topological polar surface area (TPSA) is 38.3 Å². The number of benzene rings is 2. The molecule has 0 fully saturated rings. The maximum atomic E-state index is 12.7. The average Bonchev–Trinajstić information content (AvgIpc) is 2.52. The molecular formula is C19H22FNO2. The van der Waals surface area contributed by atoms with Crippen molar-refractivity contribution in [2.75, 3.05) is 13.2 Å². The first-order valence-corrected chi connectivity index (χ1v) is 7.76. The number of hydrogen-bond donors (Lipinski definition) is 1. The van der Waals surface area contributed by atoms with Crippen LogP contribution in [0.15, 0.2) is 42.5 Å². The molecule has 0 bridgehead atoms. The standard InChI is InChI=1S/C19H22FNO2/c1-14-3-4-16(15(2)13-14)5-10-19(22)21-11-12-23-18-8-6-17(20)7-9-18/h3-4,6-9,13H,5,10-12H2,1-2H3,(H,21,22). The summed E-state index contributed by atoms with van der Waals surface area (Å²) in [7, 11) is 0. The lowest BCUT2D eigenvalue weighted by Crippen LogP contribution is -2.28. The van der Waals surface area contributed by atoms with Crippen LogP contribution >= 0.6 is 0 Å². The number of amides is 1. The molecule has 0 aliphatic carbocycles. The highest BCUT2D eigenvalue weighted by atomic mass is 19.1. The van der Waals surface area contributed by atoms with Crippen molar-refractivity contribution in [2.24, 2.45) is 0 Å². The molecule has 2 aromatic carbocycles. The maximum absolute atomic E-state index is 12.7. The Morgan fingerprint density at radius 2 is 1.87 bits per heavy atom. The molecule has 4 heteroatoms. The van der Waals surface area contributed by atoms with Crippen LogP contribution in [0.1, 0.15) is 23.1 Å². The van der Waals surface area contributed by atoms with Gasteiger partial charge in [-0.05, 0) is 55.7 Å². The van der Waals surface area contributed by atoms with Crippen LogP contribution in [0.3, 0.4) is 0 Å². The number of carbonyl (C=O) groups excluding carboxylic acids is 1. The Hall–Kier alpha value is -2.36. The second kappa shape index (κ2) is 8.32. The summed E-state index contributed by atoms with van der Waals surface area (Å²) in [5, 5.41) is 2.83. The van der Waals surface area contributed by atoms with Gasteiger partial charge in [0.1, 0.15) is 18.2 Å². The van der Waals surface area contributed by atoms with E-state index >= 15 is 0 Å². The summed E-state index contributed by atoms with van der Waals surface area (Å²) >= 11 is 0. The zero-order valence-corrected chi connectivity index (χ0v) is 13.6. The van der Waals surface area contributed by atoms with Gasteiger partial charge >= 0.3 is 0 Å². The zero-order chi connectivity index (χ0) is 16.7. The van der Waals surface area contributed by atoms with E-state index in [1.807, 2.05) is 0 Å². The van der Waals surface area contributed by atoms with E-state index in [1.54, 1.807) is 12.1 Å². The molecule has 0 heterocycles. The molecule has 1 N–H and O–H groups in total. The summed E-state index contributed by atoms with van der Waals surface area (Å²) in [6, 6.07) is 12.1. The molecule has 122 valence electrons. The minimum atomic E-state index is -0.294. The average molecular weight is 315 g/mol. The summed E-state index contributed by atoms with van der Waals surface area (Å²) < 4.78 is 18.2. The molecule has 0 saturated heterocycles. The van der Waals surface area contributed by atoms with Crippen molar-refractivity contribution in [2.45, 2.75) is 26.7 Å². The van der Waals surface area contributed by atoms with Crippen molar-refractivity contribution < 1.29 is 13.9 Å². The molecule has 0 aliphatic rings. The predicted molar refractivity (Wildman–Crippen MR) is 89.1 cm³/mol. The van der Waals surface area contributed by atoms with Crippen LogP contribution in [-0.4, -0.2) is 19.1 Å². The number of halogens is 1. The van der Waals surface area contributed by atoms with E-state index in [4.69, 9.17) is 4.74 Å². The lowest BCUT2D eigenvalue weighted by molar-refractivity contribution is -0.121. The van der Waals surface area contributed by atoms with E-state index in [0.717, 1.165) is 6.42 Å². The van der Waals surface area contributed by atoms with Crippen molar-refractivity contribution in [3.05, 3.63) is 65.0 Å². The summed E-state index contributed by atoms with van der Waals surface area (Å²) in [6.07, 6.45) is 1.19. The number of rotatable bonds is 7. The number of hydrogen-bond acceptors (Lipinski definition) is 2. The third-order valence-electron chi connectivity index (χ3n) is 3.63. The van der Waals surface area contributed by atoms with E-state index < -0.39 is 0 Å². The molecule has 2 aromatic rings. The van der Waals surface area contributed by atoms with Gasteiger partial charge in [-0.15, -0.1) is 0 Å². The van der Waals surface area contributed by atoms with Gasteiger partial charge in [0.05, 0.1) is 6.54 Å². The molecule has 1 amide bonds. The van der Waals surface area contributed by atoms with E-state index in [0.29, 0.717) is 25.3 Å². The SMILES string of the molecule is Cc1ccc(CCC(=O)NCCOc2ccc(F)cc2)c(C)c1. The van der Waals surface area contributed by atoms with E-state index in [-0.39, 0.29) is 11.7 Å². The van der Waals surface area contributed by atoms with Crippen LogP contribution in [0, 0.1) is 19.7 Å². The fourth-order valence-corrected chi connectivity index (χ4v) is 2.35. The highest BCUT2D eigenvalue weighted by Crippen LogP contribution is 2.12. The molecule has 2 rings (SSSR count). The molecule has 0 spiro atoms. The Morgan fingerprint density at radius 3 is 2.57 bits per heavy atom. The van der Waals surface area contributed by atoms with Gasteiger partial charge in [0.15, 0.2) is 0 Å². The largest absolute Gasteiger partial charge is 0.492 e. The van der Waals surface area contributed by atoms with Gasteiger partial charge in [-0.2, -0.15) is 0 Å². The van der Waals surface area contributed by atoms with Crippen molar-refractivity contribution in [1.82, 2.24) is 5.32 Å². The van der Waals surface area contributed by atoms with Gasteiger partial charge in [0.2, 0.25) is 5.91 Å². The van der Waals surface area contributed by atoms with Crippen LogP contribution in [0.5, 0.6) is 5.75 Å². The molecule has 0 aliphatic heterocycles. The molecule has 0 saturated carbocycles. The number of ether oxygens (including phenoxy) is 1. The van der Waals surface area contributed by atoms with E-state index in [2.05, 4.69) is 37.4 Å². The van der Waals surface area contributed by atoms with Gasteiger partial charge < -0.3 is 10.1 Å². The lowest BCUT2D eigenvalue weighted by Gasteiger charge is -2.09. The summed E-state index contributed by atoms with van der Waals surface area (Å²) in [6.45, 7) is 4.92. The van der Waals surface area contributed by atoms with E-state index in [1.165, 1.54) is 28.8 Å². The Labute approximate surface area is 136 Å². The summed E-state index contributed by atoms with van der Waals surface area (Å²) in [5.41, 5.74) is 3.65. The lowest BCUT2D eigenvalue weighted by atomic mass is 10.0. The zero-order valence-electron chi connectivity index (χ0n) is 13.6. The smallest absolute Gasteiger partial charge is 0.220 e. The minimum absolute atomic E-state index is 0.00711. The summed E-state index contributed by atoms with van der Waals surface area (Å²) in [4.78, 5) is 11.8. The second-order valence-corrected chi connectivity index (χ2v) is 5.58. The van der Waals surface area contributed by atoms with Crippen LogP contribution in [0.2, 0.25) is 0 Å². The van der Waals surface area contributed by atoms with E-state index in [9.17, 15) is 9.18 Å². The molecule has 3 nitrogen and oxygen atoms in total. The van der Waals surface area contributed by atoms with Gasteiger partial charge in [-0.25, -0.2) is 4.39 Å². The molecule has 0 aromatic heterocycles. The predicted octanol–water partition coefficient (Wildman–Crippen LogP) is 3.57. The van der Waals surface area contributed by atoms with Crippen LogP contribution in [0.4, 0.5) is 4.39 Å². The number of carbonyl (C=O) groups is 1. The van der Waals surface area contributed by atoms with Gasteiger partial charge in [-0.3, -0.25) is 4.79 Å². The summed E-state index contributed by atoms with van der Waals surface area (Å²) in [5.74, 6) is 0.306. The van der Waals surface area contributed by atoms with Crippen LogP contribution < -0.4 is 10.1 Å². The van der Waals surface area contributed by atoms with Crippen molar-refractivity contribution in [3.8, 4) is 5.75 Å². The van der Waals surface area contributed by atoms with Gasteiger partial charge in [-0.1, -0.05) is 23.8 Å². The molecular weight excluding hydrogens is 293 g/mol. The number of nitrogens with one attached hydrogen (secondary N) is 1. The Morgan fingerprint density at radius 1 is 1.13 bits per heavy atom. The van der Waals surface area contributed by atoms with Crippen LogP contribution in [-0.2, 0) is 11.2 Å². The monoisotopic (exact) mass is 315 g/mol. The highest BCUT2D eigenvalue weighted by Gasteiger charge is 2.04. The fraction of sp³-hybridized carbons (Fsp3) is 0.316. The van der Waals surface area contributed by atoms with Gasteiger partial charge in [0.25, 0.3) is 0 Å². The molecule has 0 unspecified atom stereocenters. The maximum Gasteiger partial charge on any atom is 0.220 e. The third-order valence-corrected chi connectivity index (χ3v) is 3.63.